The summed E-state index contributed by atoms with van der Waals surface area (Å²) < 4.78 is 0. The highest BCUT2D eigenvalue weighted by atomic mass is 16.2. The summed E-state index contributed by atoms with van der Waals surface area (Å²) in [6.07, 6.45) is 0. The molecule has 0 spiro atoms. The number of pyridine rings is 1. The Hall–Kier alpha value is -2.10. The van der Waals surface area contributed by atoms with Crippen LogP contribution in [-0.2, 0) is 0 Å². The zero-order valence-electron chi connectivity index (χ0n) is 9.83. The number of carbonyl (C=O) groups excluding carboxylic acids is 1. The average molecular weight is 230 g/mol. The number of nitrogens with one attached hydrogen (secondary N) is 2. The summed E-state index contributed by atoms with van der Waals surface area (Å²) in [5.41, 5.74) is 1.33. The van der Waals surface area contributed by atoms with Crippen molar-refractivity contribution in [3.8, 4) is 0 Å². The zero-order valence-corrected chi connectivity index (χ0v) is 9.83. The number of hydrogen-bond acceptors (Lipinski definition) is 2. The van der Waals surface area contributed by atoms with Crippen molar-refractivity contribution in [2.75, 3.05) is 6.54 Å². The Balaban J connectivity index is 2.72. The number of aryl methyl sites for hydroxylation is 1. The summed E-state index contributed by atoms with van der Waals surface area (Å²) in [7, 11) is 0. The van der Waals surface area contributed by atoms with Gasteiger partial charge in [-0.3, -0.25) is 9.59 Å². The molecular formula is C13H14N2O2. The quantitative estimate of drug-likeness (QED) is 0.822. The van der Waals surface area contributed by atoms with Gasteiger partial charge >= 0.3 is 0 Å². The van der Waals surface area contributed by atoms with Crippen LogP contribution in [0.25, 0.3) is 10.9 Å². The fourth-order valence-electron chi connectivity index (χ4n) is 1.88. The Kier molecular flexibility index (Phi) is 2.95. The summed E-state index contributed by atoms with van der Waals surface area (Å²) >= 11 is 0. The number of fused-ring (bicyclic) bond motifs is 1. The van der Waals surface area contributed by atoms with Crippen molar-refractivity contribution in [2.24, 2.45) is 0 Å². The minimum absolute atomic E-state index is 0.200. The second kappa shape index (κ2) is 4.41. The van der Waals surface area contributed by atoms with Gasteiger partial charge in [0.05, 0.1) is 0 Å². The molecule has 0 unspecified atom stereocenters. The standard InChI is InChI=1S/C13H14N2O2/c1-3-14-13(17)11-8(2)15-10-7-5-4-6-9(10)12(11)16/h4-7H,3H2,1-2H3,(H,14,17)(H,15,16). The predicted molar refractivity (Wildman–Crippen MR) is 67.3 cm³/mol. The molecule has 88 valence electrons. The van der Waals surface area contributed by atoms with Crippen LogP contribution in [0.4, 0.5) is 0 Å². The van der Waals surface area contributed by atoms with E-state index < -0.39 is 0 Å². The molecule has 2 N–H and O–H groups in total. The number of hydrogen-bond donors (Lipinski definition) is 2. The van der Waals surface area contributed by atoms with Gasteiger partial charge in [-0.25, -0.2) is 0 Å². The van der Waals surface area contributed by atoms with Crippen molar-refractivity contribution in [1.29, 1.82) is 0 Å². The van der Waals surface area contributed by atoms with Crippen LogP contribution in [0.1, 0.15) is 23.0 Å². The number of benzene rings is 1. The molecule has 1 aromatic carbocycles. The number of carbonyl (C=O) groups is 1. The van der Waals surface area contributed by atoms with E-state index in [0.717, 1.165) is 5.52 Å². The van der Waals surface area contributed by atoms with Crippen molar-refractivity contribution in [3.63, 3.8) is 0 Å². The molecule has 0 radical (unpaired) electrons. The van der Waals surface area contributed by atoms with Gasteiger partial charge in [0.2, 0.25) is 5.43 Å². The first-order valence-corrected chi connectivity index (χ1v) is 5.55. The van der Waals surface area contributed by atoms with Gasteiger partial charge in [0.15, 0.2) is 0 Å². The Morgan fingerprint density at radius 1 is 1.35 bits per heavy atom. The highest BCUT2D eigenvalue weighted by molar-refractivity contribution is 5.98. The molecule has 0 aliphatic carbocycles. The summed E-state index contributed by atoms with van der Waals surface area (Å²) in [4.78, 5) is 27.1. The maximum Gasteiger partial charge on any atom is 0.257 e. The van der Waals surface area contributed by atoms with Crippen LogP contribution in [0.3, 0.4) is 0 Å². The third kappa shape index (κ3) is 1.93. The molecule has 4 heteroatoms. The van der Waals surface area contributed by atoms with E-state index in [1.807, 2.05) is 19.1 Å². The van der Waals surface area contributed by atoms with E-state index in [4.69, 9.17) is 0 Å². The lowest BCUT2D eigenvalue weighted by Gasteiger charge is -2.07. The second-order valence-electron chi connectivity index (χ2n) is 3.86. The van der Waals surface area contributed by atoms with E-state index in [2.05, 4.69) is 10.3 Å². The van der Waals surface area contributed by atoms with Crippen molar-refractivity contribution in [3.05, 3.63) is 45.7 Å². The molecule has 0 aliphatic heterocycles. The van der Waals surface area contributed by atoms with Gasteiger partial charge in [0, 0.05) is 23.1 Å². The summed E-state index contributed by atoms with van der Waals surface area (Å²) in [5.74, 6) is -0.322. The van der Waals surface area contributed by atoms with Crippen LogP contribution in [-0.4, -0.2) is 17.4 Å². The molecule has 2 aromatic rings. The molecule has 1 amide bonds. The third-order valence-corrected chi connectivity index (χ3v) is 2.66. The largest absolute Gasteiger partial charge is 0.358 e. The van der Waals surface area contributed by atoms with Gasteiger partial charge < -0.3 is 10.3 Å². The van der Waals surface area contributed by atoms with E-state index in [1.165, 1.54) is 0 Å². The van der Waals surface area contributed by atoms with Crippen molar-refractivity contribution in [2.45, 2.75) is 13.8 Å². The van der Waals surface area contributed by atoms with E-state index >= 15 is 0 Å². The van der Waals surface area contributed by atoms with E-state index in [9.17, 15) is 9.59 Å². The lowest BCUT2D eigenvalue weighted by Crippen LogP contribution is -2.30. The normalized spacial score (nSPS) is 10.5. The van der Waals surface area contributed by atoms with Gasteiger partial charge in [-0.1, -0.05) is 12.1 Å². The number of rotatable bonds is 2. The highest BCUT2D eigenvalue weighted by Gasteiger charge is 2.15. The molecule has 1 aromatic heterocycles. The summed E-state index contributed by atoms with van der Waals surface area (Å²) in [6, 6.07) is 7.18. The number of aromatic nitrogens is 1. The zero-order chi connectivity index (χ0) is 12.4. The number of aromatic amines is 1. The molecular weight excluding hydrogens is 216 g/mol. The molecule has 17 heavy (non-hydrogen) atoms. The predicted octanol–water partition coefficient (Wildman–Crippen LogP) is 1.59. The maximum absolute atomic E-state index is 12.2. The van der Waals surface area contributed by atoms with Gasteiger partial charge in [-0.2, -0.15) is 0 Å². The van der Waals surface area contributed by atoms with Gasteiger partial charge in [-0.05, 0) is 26.0 Å². The van der Waals surface area contributed by atoms with Gasteiger partial charge in [-0.15, -0.1) is 0 Å². The van der Waals surface area contributed by atoms with Gasteiger partial charge in [0.25, 0.3) is 5.91 Å². The topological polar surface area (TPSA) is 62.0 Å². The summed E-state index contributed by atoms with van der Waals surface area (Å²) in [5, 5.41) is 3.19. The Morgan fingerprint density at radius 2 is 2.06 bits per heavy atom. The summed E-state index contributed by atoms with van der Waals surface area (Å²) in [6.45, 7) is 4.06. The van der Waals surface area contributed by atoms with Crippen LogP contribution < -0.4 is 10.7 Å². The van der Waals surface area contributed by atoms with Crippen LogP contribution in [0.2, 0.25) is 0 Å². The molecule has 0 fully saturated rings. The molecule has 2 rings (SSSR count). The number of H-pyrrole nitrogens is 1. The maximum atomic E-state index is 12.2. The molecule has 0 aliphatic rings. The molecule has 1 heterocycles. The van der Waals surface area contributed by atoms with Gasteiger partial charge in [0.1, 0.15) is 5.56 Å². The Labute approximate surface area is 98.7 Å². The fourth-order valence-corrected chi connectivity index (χ4v) is 1.88. The fraction of sp³-hybridized carbons (Fsp3) is 0.231. The van der Waals surface area contributed by atoms with Crippen LogP contribution >= 0.6 is 0 Å². The first-order valence-electron chi connectivity index (χ1n) is 5.55. The van der Waals surface area contributed by atoms with E-state index in [1.54, 1.807) is 19.1 Å². The average Bonchev–Trinajstić information content (AvgIpc) is 2.29. The SMILES string of the molecule is CCNC(=O)c1c(C)[nH]c2ccccc2c1=O. The Morgan fingerprint density at radius 3 is 2.76 bits per heavy atom. The second-order valence-corrected chi connectivity index (χ2v) is 3.86. The van der Waals surface area contributed by atoms with E-state index in [-0.39, 0.29) is 16.9 Å². The minimum Gasteiger partial charge on any atom is -0.358 e. The Bertz CT molecular complexity index is 629. The van der Waals surface area contributed by atoms with Crippen molar-refractivity contribution in [1.82, 2.24) is 10.3 Å². The van der Waals surface area contributed by atoms with Crippen LogP contribution in [0.5, 0.6) is 0 Å². The highest BCUT2D eigenvalue weighted by Crippen LogP contribution is 2.10. The first-order chi connectivity index (χ1) is 8.15. The molecule has 0 saturated heterocycles. The first kappa shape index (κ1) is 11.4. The monoisotopic (exact) mass is 230 g/mol. The lowest BCUT2D eigenvalue weighted by atomic mass is 10.1. The number of amides is 1. The van der Waals surface area contributed by atoms with Crippen molar-refractivity contribution >= 4 is 16.8 Å². The van der Waals surface area contributed by atoms with Crippen LogP contribution in [0, 0.1) is 6.92 Å². The molecule has 0 bridgehead atoms. The van der Waals surface area contributed by atoms with Crippen molar-refractivity contribution < 1.29 is 4.79 Å². The molecule has 0 atom stereocenters. The third-order valence-electron chi connectivity index (χ3n) is 2.66. The molecule has 4 nitrogen and oxygen atoms in total. The lowest BCUT2D eigenvalue weighted by molar-refractivity contribution is 0.0954. The minimum atomic E-state index is -0.322. The molecule has 0 saturated carbocycles. The smallest absolute Gasteiger partial charge is 0.257 e. The number of para-hydroxylation sites is 1. The van der Waals surface area contributed by atoms with Crippen LogP contribution in [0.15, 0.2) is 29.1 Å². The van der Waals surface area contributed by atoms with E-state index in [0.29, 0.717) is 17.6 Å².